The minimum Gasteiger partial charge on any atom is -0.373 e. The van der Waals surface area contributed by atoms with Crippen molar-refractivity contribution in [3.8, 4) is 0 Å². The molecule has 0 bridgehead atoms. The number of carbonyl (C=O) groups excluding carboxylic acids is 1. The highest BCUT2D eigenvalue weighted by molar-refractivity contribution is 5.97. The second-order valence-electron chi connectivity index (χ2n) is 4.17. The van der Waals surface area contributed by atoms with Crippen molar-refractivity contribution in [3.05, 3.63) is 65.5 Å². The van der Waals surface area contributed by atoms with E-state index < -0.39 is 17.4 Å². The lowest BCUT2D eigenvalue weighted by Crippen LogP contribution is -2.13. The predicted octanol–water partition coefficient (Wildman–Crippen LogP) is 2.80. The molecule has 2 rings (SSSR count). The van der Waals surface area contributed by atoms with Gasteiger partial charge in [-0.3, -0.25) is 9.78 Å². The van der Waals surface area contributed by atoms with Gasteiger partial charge in [-0.05, 0) is 24.3 Å². The molecule has 2 aromatic rings. The van der Waals surface area contributed by atoms with Gasteiger partial charge in [0.2, 0.25) is 0 Å². The summed E-state index contributed by atoms with van der Waals surface area (Å²) in [4.78, 5) is 15.8. The molecule has 5 heteroatoms. The summed E-state index contributed by atoms with van der Waals surface area (Å²) in [5.41, 5.74) is 0.692. The van der Waals surface area contributed by atoms with Gasteiger partial charge in [0, 0.05) is 24.4 Å². The normalized spacial score (nSPS) is 10.5. The van der Waals surface area contributed by atoms with E-state index in [1.807, 2.05) is 18.2 Å². The van der Waals surface area contributed by atoms with Gasteiger partial charge < -0.3 is 4.74 Å². The Balaban J connectivity index is 1.80. The van der Waals surface area contributed by atoms with Crippen LogP contribution in [0.5, 0.6) is 0 Å². The first-order valence-electron chi connectivity index (χ1n) is 6.13. The monoisotopic (exact) mass is 277 g/mol. The number of nitrogens with zero attached hydrogens (tertiary/aromatic N) is 1. The van der Waals surface area contributed by atoms with Gasteiger partial charge in [-0.25, -0.2) is 8.78 Å². The molecular weight excluding hydrogens is 264 g/mol. The molecule has 0 N–H and O–H groups in total. The van der Waals surface area contributed by atoms with E-state index >= 15 is 0 Å². The van der Waals surface area contributed by atoms with Crippen molar-refractivity contribution in [3.63, 3.8) is 0 Å². The average Bonchev–Trinajstić information content (AvgIpc) is 2.44. The summed E-state index contributed by atoms with van der Waals surface area (Å²) in [7, 11) is 0. The zero-order valence-electron chi connectivity index (χ0n) is 10.7. The van der Waals surface area contributed by atoms with Crippen LogP contribution in [0, 0.1) is 11.6 Å². The van der Waals surface area contributed by atoms with Crippen LogP contribution < -0.4 is 0 Å². The van der Waals surface area contributed by atoms with Crippen molar-refractivity contribution in [2.24, 2.45) is 0 Å². The molecule has 1 aromatic heterocycles. The van der Waals surface area contributed by atoms with E-state index in [9.17, 15) is 13.6 Å². The van der Waals surface area contributed by atoms with Gasteiger partial charge in [0.05, 0.1) is 12.2 Å². The zero-order valence-corrected chi connectivity index (χ0v) is 10.7. The number of ketones is 1. The van der Waals surface area contributed by atoms with Crippen molar-refractivity contribution in [2.45, 2.75) is 6.42 Å². The molecular formula is C15H13F2NO2. The van der Waals surface area contributed by atoms with Crippen molar-refractivity contribution in [2.75, 3.05) is 13.2 Å². The number of ether oxygens (including phenoxy) is 1. The lowest BCUT2D eigenvalue weighted by Gasteiger charge is -2.04. The first-order chi connectivity index (χ1) is 9.66. The Hall–Kier alpha value is -2.14. The number of rotatable bonds is 6. The second kappa shape index (κ2) is 6.86. The van der Waals surface area contributed by atoms with Crippen LogP contribution in [-0.2, 0) is 11.2 Å². The standard InChI is InChI=1S/C15H13F2NO2/c16-11-4-5-13(14(17)9-11)15(19)10-20-8-6-12-3-1-2-7-18-12/h1-5,7,9H,6,8,10H2. The first-order valence-corrected chi connectivity index (χ1v) is 6.13. The number of aromatic nitrogens is 1. The molecule has 0 aliphatic heterocycles. The van der Waals surface area contributed by atoms with E-state index in [1.165, 1.54) is 0 Å². The SMILES string of the molecule is O=C(COCCc1ccccn1)c1ccc(F)cc1F. The van der Waals surface area contributed by atoms with Gasteiger partial charge in [0.1, 0.15) is 18.2 Å². The number of halogens is 2. The Kier molecular flexibility index (Phi) is 4.90. The lowest BCUT2D eigenvalue weighted by molar-refractivity contribution is 0.0760. The molecule has 1 heterocycles. The largest absolute Gasteiger partial charge is 0.373 e. The summed E-state index contributed by atoms with van der Waals surface area (Å²) >= 11 is 0. The minimum absolute atomic E-state index is 0.163. The molecule has 1 aromatic carbocycles. The summed E-state index contributed by atoms with van der Waals surface area (Å²) in [5, 5.41) is 0. The van der Waals surface area contributed by atoms with E-state index in [1.54, 1.807) is 6.20 Å². The quantitative estimate of drug-likeness (QED) is 0.602. The molecule has 0 saturated heterocycles. The van der Waals surface area contributed by atoms with Crippen LogP contribution in [0.2, 0.25) is 0 Å². The maximum absolute atomic E-state index is 13.3. The van der Waals surface area contributed by atoms with E-state index in [0.29, 0.717) is 19.1 Å². The first kappa shape index (κ1) is 14.3. The fourth-order valence-electron chi connectivity index (χ4n) is 1.68. The summed E-state index contributed by atoms with van der Waals surface area (Å²) in [6.07, 6.45) is 2.24. The van der Waals surface area contributed by atoms with Crippen molar-refractivity contribution >= 4 is 5.78 Å². The summed E-state index contributed by atoms with van der Waals surface area (Å²) in [6.45, 7) is 0.0704. The number of hydrogen-bond acceptors (Lipinski definition) is 3. The van der Waals surface area contributed by atoms with Crippen molar-refractivity contribution in [1.82, 2.24) is 4.98 Å². The van der Waals surface area contributed by atoms with E-state index in [-0.39, 0.29) is 12.2 Å². The highest BCUT2D eigenvalue weighted by Gasteiger charge is 2.12. The van der Waals surface area contributed by atoms with Gasteiger partial charge in [0.15, 0.2) is 5.78 Å². The number of carbonyl (C=O) groups is 1. The minimum atomic E-state index is -0.872. The van der Waals surface area contributed by atoms with E-state index in [0.717, 1.165) is 17.8 Å². The van der Waals surface area contributed by atoms with E-state index in [2.05, 4.69) is 4.98 Å². The topological polar surface area (TPSA) is 39.2 Å². The number of benzene rings is 1. The molecule has 0 saturated carbocycles. The second-order valence-corrected chi connectivity index (χ2v) is 4.17. The molecule has 3 nitrogen and oxygen atoms in total. The Morgan fingerprint density at radius 3 is 2.75 bits per heavy atom. The van der Waals surface area contributed by atoms with Gasteiger partial charge in [-0.2, -0.15) is 0 Å². The fraction of sp³-hybridized carbons (Fsp3) is 0.200. The van der Waals surface area contributed by atoms with Crippen LogP contribution >= 0.6 is 0 Å². The summed E-state index contributed by atoms with van der Waals surface area (Å²) in [6, 6.07) is 8.37. The van der Waals surface area contributed by atoms with Crippen molar-refractivity contribution in [1.29, 1.82) is 0 Å². The molecule has 20 heavy (non-hydrogen) atoms. The molecule has 0 spiro atoms. The molecule has 0 unspecified atom stereocenters. The van der Waals surface area contributed by atoms with Crippen LogP contribution in [0.1, 0.15) is 16.1 Å². The Morgan fingerprint density at radius 2 is 2.05 bits per heavy atom. The molecule has 0 amide bonds. The third-order valence-electron chi connectivity index (χ3n) is 2.69. The molecule has 0 aliphatic rings. The molecule has 104 valence electrons. The number of Topliss-reactive ketones (excluding diaryl/α,β-unsaturated/α-hetero) is 1. The lowest BCUT2D eigenvalue weighted by atomic mass is 10.1. The van der Waals surface area contributed by atoms with Gasteiger partial charge in [0.25, 0.3) is 0 Å². The fourth-order valence-corrected chi connectivity index (χ4v) is 1.68. The maximum Gasteiger partial charge on any atom is 0.191 e. The molecule has 0 atom stereocenters. The van der Waals surface area contributed by atoms with Crippen LogP contribution in [0.4, 0.5) is 8.78 Å². The summed E-state index contributed by atoms with van der Waals surface area (Å²) < 4.78 is 31.3. The highest BCUT2D eigenvalue weighted by Crippen LogP contribution is 2.10. The van der Waals surface area contributed by atoms with Crippen LogP contribution in [-0.4, -0.2) is 24.0 Å². The zero-order chi connectivity index (χ0) is 14.4. The smallest absolute Gasteiger partial charge is 0.191 e. The summed E-state index contributed by atoms with van der Waals surface area (Å²) in [5.74, 6) is -2.10. The number of hydrogen-bond donors (Lipinski definition) is 0. The van der Waals surface area contributed by atoms with Gasteiger partial charge in [-0.1, -0.05) is 6.07 Å². The predicted molar refractivity (Wildman–Crippen MR) is 69.4 cm³/mol. The molecule has 0 aliphatic carbocycles. The van der Waals surface area contributed by atoms with E-state index in [4.69, 9.17) is 4.74 Å². The molecule has 0 radical (unpaired) electrons. The Labute approximate surface area is 115 Å². The van der Waals surface area contributed by atoms with Crippen LogP contribution in [0.25, 0.3) is 0 Å². The Morgan fingerprint density at radius 1 is 1.20 bits per heavy atom. The van der Waals surface area contributed by atoms with Crippen LogP contribution in [0.3, 0.4) is 0 Å². The number of pyridine rings is 1. The average molecular weight is 277 g/mol. The molecule has 0 fully saturated rings. The highest BCUT2D eigenvalue weighted by atomic mass is 19.1. The third-order valence-corrected chi connectivity index (χ3v) is 2.69. The van der Waals surface area contributed by atoms with Crippen LogP contribution in [0.15, 0.2) is 42.6 Å². The van der Waals surface area contributed by atoms with Crippen molar-refractivity contribution < 1.29 is 18.3 Å². The van der Waals surface area contributed by atoms with Gasteiger partial charge >= 0.3 is 0 Å². The Bertz CT molecular complexity index is 588. The third kappa shape index (κ3) is 3.93. The maximum atomic E-state index is 13.3. The van der Waals surface area contributed by atoms with Gasteiger partial charge in [-0.15, -0.1) is 0 Å².